The molecule has 1 saturated carbocycles. The van der Waals surface area contributed by atoms with Gasteiger partial charge >= 0.3 is 6.18 Å². The second-order valence-electron chi connectivity index (χ2n) is 9.92. The highest BCUT2D eigenvalue weighted by molar-refractivity contribution is 6.10. The summed E-state index contributed by atoms with van der Waals surface area (Å²) in [6.07, 6.45) is -4.52. The Hall–Kier alpha value is -3.98. The van der Waals surface area contributed by atoms with Crippen molar-refractivity contribution in [2.75, 3.05) is 37.7 Å². The van der Waals surface area contributed by atoms with Crippen molar-refractivity contribution < 1.29 is 36.7 Å². The number of benzene rings is 2. The van der Waals surface area contributed by atoms with Crippen molar-refractivity contribution in [1.29, 1.82) is 5.26 Å². The van der Waals surface area contributed by atoms with Gasteiger partial charge in [0.15, 0.2) is 0 Å². The molecule has 0 aromatic heterocycles. The van der Waals surface area contributed by atoms with Crippen LogP contribution in [0.2, 0.25) is 0 Å². The molecule has 2 heterocycles. The van der Waals surface area contributed by atoms with Crippen LogP contribution in [0, 0.1) is 23.1 Å². The number of amides is 3. The quantitative estimate of drug-likeness (QED) is 0.552. The highest BCUT2D eigenvalue weighted by Crippen LogP contribution is 2.48. The summed E-state index contributed by atoms with van der Waals surface area (Å²) >= 11 is 0. The van der Waals surface area contributed by atoms with Crippen molar-refractivity contribution in [3.63, 3.8) is 0 Å². The topological polar surface area (TPSA) is 93.9 Å². The molecule has 2 aromatic rings. The van der Waals surface area contributed by atoms with Crippen molar-refractivity contribution in [3.05, 3.63) is 65.0 Å². The van der Waals surface area contributed by atoms with E-state index in [9.17, 15) is 31.9 Å². The fraction of sp³-hybridized carbons (Fsp3) is 0.407. The molecule has 0 bridgehead atoms. The minimum absolute atomic E-state index is 0.00277. The second-order valence-corrected chi connectivity index (χ2v) is 9.92. The fourth-order valence-electron chi connectivity index (χ4n) is 5.48. The monoisotopic (exact) mass is 544 g/mol. The standard InChI is InChI=1S/C27H24F4N4O4/c28-21-11-18(14-32)3-6-22(21)34-16-23(36)35(15-17-1-4-20(5-2-17)27(29,30)31)26(25(34)38)12-19(13-26)24(37)33-7-9-39-10-8-33/h1-6,11,19H,7-10,12-13,15-16H2. The van der Waals surface area contributed by atoms with E-state index < -0.39 is 47.4 Å². The summed E-state index contributed by atoms with van der Waals surface area (Å²) in [5.74, 6) is -2.68. The van der Waals surface area contributed by atoms with Gasteiger partial charge in [0.1, 0.15) is 17.9 Å². The van der Waals surface area contributed by atoms with E-state index in [0.29, 0.717) is 31.9 Å². The Bertz CT molecular complexity index is 1340. The molecule has 39 heavy (non-hydrogen) atoms. The summed E-state index contributed by atoms with van der Waals surface area (Å²) in [5.41, 5.74) is -2.05. The van der Waals surface area contributed by atoms with Crippen LogP contribution in [0.5, 0.6) is 0 Å². The lowest BCUT2D eigenvalue weighted by Crippen LogP contribution is -2.74. The minimum Gasteiger partial charge on any atom is -0.378 e. The molecule has 1 aliphatic carbocycles. The predicted octanol–water partition coefficient (Wildman–Crippen LogP) is 3.10. The predicted molar refractivity (Wildman–Crippen MR) is 128 cm³/mol. The van der Waals surface area contributed by atoms with Crippen LogP contribution in [-0.4, -0.2) is 65.9 Å². The number of alkyl halides is 3. The van der Waals surface area contributed by atoms with E-state index in [0.717, 1.165) is 23.1 Å². The highest BCUT2D eigenvalue weighted by atomic mass is 19.4. The Labute approximate surface area is 221 Å². The zero-order valence-corrected chi connectivity index (χ0v) is 20.7. The largest absolute Gasteiger partial charge is 0.416 e. The molecule has 0 unspecified atom stereocenters. The Balaban J connectivity index is 1.45. The molecule has 0 atom stereocenters. The minimum atomic E-state index is -4.52. The van der Waals surface area contributed by atoms with Gasteiger partial charge in [0, 0.05) is 25.6 Å². The first-order valence-corrected chi connectivity index (χ1v) is 12.4. The first-order chi connectivity index (χ1) is 18.5. The highest BCUT2D eigenvalue weighted by Gasteiger charge is 2.62. The van der Waals surface area contributed by atoms with Gasteiger partial charge in [-0.25, -0.2) is 4.39 Å². The second kappa shape index (κ2) is 9.96. The van der Waals surface area contributed by atoms with Gasteiger partial charge in [0.05, 0.1) is 36.1 Å². The lowest BCUT2D eigenvalue weighted by molar-refractivity contribution is -0.168. The summed E-state index contributed by atoms with van der Waals surface area (Å²) in [6, 6.07) is 9.68. The van der Waals surface area contributed by atoms with Crippen molar-refractivity contribution >= 4 is 23.4 Å². The molecule has 204 valence electrons. The van der Waals surface area contributed by atoms with Crippen molar-refractivity contribution in [2.45, 2.75) is 31.1 Å². The number of morpholine rings is 1. The van der Waals surface area contributed by atoms with Crippen molar-refractivity contribution in [2.24, 2.45) is 5.92 Å². The van der Waals surface area contributed by atoms with E-state index in [2.05, 4.69) is 0 Å². The summed E-state index contributed by atoms with van der Waals surface area (Å²) in [6.45, 7) is 0.969. The normalized spacial score (nSPS) is 23.6. The molecule has 0 radical (unpaired) electrons. The van der Waals surface area contributed by atoms with Crippen molar-refractivity contribution in [3.8, 4) is 6.07 Å². The summed E-state index contributed by atoms with van der Waals surface area (Å²) in [5, 5.41) is 9.05. The zero-order chi connectivity index (χ0) is 27.9. The van der Waals surface area contributed by atoms with Gasteiger partial charge in [-0.3, -0.25) is 19.3 Å². The number of anilines is 1. The molecule has 8 nitrogen and oxygen atoms in total. The lowest BCUT2D eigenvalue weighted by atomic mass is 9.64. The van der Waals surface area contributed by atoms with Gasteiger partial charge in [0.25, 0.3) is 5.91 Å². The van der Waals surface area contributed by atoms with E-state index in [1.807, 2.05) is 6.07 Å². The van der Waals surface area contributed by atoms with Crippen LogP contribution in [0.25, 0.3) is 0 Å². The van der Waals surface area contributed by atoms with Gasteiger partial charge in [-0.2, -0.15) is 18.4 Å². The summed E-state index contributed by atoms with van der Waals surface area (Å²) in [7, 11) is 0. The Morgan fingerprint density at radius 3 is 2.33 bits per heavy atom. The van der Waals surface area contributed by atoms with Crippen LogP contribution in [0.4, 0.5) is 23.2 Å². The van der Waals surface area contributed by atoms with Gasteiger partial charge in [-0.1, -0.05) is 12.1 Å². The Morgan fingerprint density at radius 1 is 1.08 bits per heavy atom. The number of piperazine rings is 1. The van der Waals surface area contributed by atoms with Crippen molar-refractivity contribution in [1.82, 2.24) is 9.80 Å². The number of carbonyl (C=O) groups excluding carboxylic acids is 3. The Morgan fingerprint density at radius 2 is 1.74 bits per heavy atom. The van der Waals surface area contributed by atoms with Crippen LogP contribution in [-0.2, 0) is 31.8 Å². The van der Waals surface area contributed by atoms with Crippen LogP contribution < -0.4 is 4.90 Å². The third-order valence-electron chi connectivity index (χ3n) is 7.58. The first kappa shape index (κ1) is 26.6. The number of nitriles is 1. The van der Waals surface area contributed by atoms with E-state index >= 15 is 0 Å². The fourth-order valence-corrected chi connectivity index (χ4v) is 5.48. The summed E-state index contributed by atoms with van der Waals surface area (Å²) < 4.78 is 59.3. The maximum atomic E-state index is 14.9. The molecule has 1 spiro atoms. The average molecular weight is 545 g/mol. The number of hydrogen-bond donors (Lipinski definition) is 0. The van der Waals surface area contributed by atoms with Crippen LogP contribution in [0.3, 0.4) is 0 Å². The maximum absolute atomic E-state index is 14.9. The maximum Gasteiger partial charge on any atom is 0.416 e. The number of hydrogen-bond acceptors (Lipinski definition) is 5. The molecule has 5 rings (SSSR count). The molecular formula is C27H24F4N4O4. The average Bonchev–Trinajstić information content (AvgIpc) is 2.90. The van der Waals surface area contributed by atoms with Crippen LogP contribution in [0.1, 0.15) is 29.5 Å². The smallest absolute Gasteiger partial charge is 0.378 e. The number of ether oxygens (including phenoxy) is 1. The van der Waals surface area contributed by atoms with E-state index in [1.165, 1.54) is 29.2 Å². The number of nitrogens with zero attached hydrogens (tertiary/aromatic N) is 4. The Kier molecular flexibility index (Phi) is 6.80. The molecule has 3 amide bonds. The van der Waals surface area contributed by atoms with Gasteiger partial charge in [-0.05, 0) is 48.7 Å². The van der Waals surface area contributed by atoms with Crippen LogP contribution >= 0.6 is 0 Å². The number of carbonyl (C=O) groups is 3. The third-order valence-corrected chi connectivity index (χ3v) is 7.58. The molecule has 3 fully saturated rings. The SMILES string of the molecule is N#Cc1ccc(N2CC(=O)N(Cc3ccc(C(F)(F)F)cc3)C3(CC(C(=O)N4CCOCC4)C3)C2=O)c(F)c1. The molecule has 3 aliphatic rings. The zero-order valence-electron chi connectivity index (χ0n) is 20.7. The molecule has 2 aromatic carbocycles. The van der Waals surface area contributed by atoms with E-state index in [-0.39, 0.29) is 36.5 Å². The van der Waals surface area contributed by atoms with Gasteiger partial charge in [0.2, 0.25) is 11.8 Å². The molecular weight excluding hydrogens is 520 g/mol. The summed E-state index contributed by atoms with van der Waals surface area (Å²) in [4.78, 5) is 44.4. The number of rotatable bonds is 4. The lowest BCUT2D eigenvalue weighted by Gasteiger charge is -2.57. The van der Waals surface area contributed by atoms with Gasteiger partial charge in [-0.15, -0.1) is 0 Å². The molecule has 12 heteroatoms. The molecule has 2 saturated heterocycles. The van der Waals surface area contributed by atoms with Gasteiger partial charge < -0.3 is 14.5 Å². The first-order valence-electron chi connectivity index (χ1n) is 12.4. The van der Waals surface area contributed by atoms with E-state index in [1.54, 1.807) is 4.90 Å². The number of halogens is 4. The molecule has 0 N–H and O–H groups in total. The third kappa shape index (κ3) is 4.83. The van der Waals surface area contributed by atoms with E-state index in [4.69, 9.17) is 10.00 Å². The molecule has 2 aliphatic heterocycles. The van der Waals surface area contributed by atoms with Crippen LogP contribution in [0.15, 0.2) is 42.5 Å².